The molecule has 0 aromatic heterocycles. The third kappa shape index (κ3) is 4.20. The highest BCUT2D eigenvalue weighted by molar-refractivity contribution is 5.73. The molecule has 1 rings (SSSR count). The van der Waals surface area contributed by atoms with Crippen LogP contribution in [-0.2, 0) is 9.53 Å². The Kier molecular flexibility index (Phi) is 4.14. The van der Waals surface area contributed by atoms with Crippen molar-refractivity contribution < 1.29 is 9.53 Å². The van der Waals surface area contributed by atoms with Gasteiger partial charge in [0.25, 0.3) is 0 Å². The average Bonchev–Trinajstić information content (AvgIpc) is 2.15. The second-order valence-corrected chi connectivity index (χ2v) is 5.37. The van der Waals surface area contributed by atoms with Gasteiger partial charge in [-0.1, -0.05) is 0 Å². The molecule has 3 nitrogen and oxygen atoms in total. The third-order valence-electron chi connectivity index (χ3n) is 2.88. The van der Waals surface area contributed by atoms with E-state index in [2.05, 4.69) is 5.32 Å². The Morgan fingerprint density at radius 1 is 1.20 bits per heavy atom. The zero-order valence-electron chi connectivity index (χ0n) is 10.3. The molecule has 1 aliphatic rings. The van der Waals surface area contributed by atoms with Crippen molar-refractivity contribution in [2.75, 3.05) is 7.05 Å². The minimum Gasteiger partial charge on any atom is -0.460 e. The molecule has 1 saturated carbocycles. The molecule has 0 aromatic rings. The number of rotatable bonds is 2. The number of nitrogens with one attached hydrogen (secondary N) is 1. The molecular formula is C12H23NO2. The molecule has 1 fully saturated rings. The van der Waals surface area contributed by atoms with Gasteiger partial charge in [0, 0.05) is 6.04 Å². The largest absolute Gasteiger partial charge is 0.460 e. The Labute approximate surface area is 92.6 Å². The van der Waals surface area contributed by atoms with Gasteiger partial charge in [0.2, 0.25) is 0 Å². The Morgan fingerprint density at radius 2 is 1.73 bits per heavy atom. The van der Waals surface area contributed by atoms with Gasteiger partial charge in [0.15, 0.2) is 0 Å². The van der Waals surface area contributed by atoms with Crippen molar-refractivity contribution in [3.63, 3.8) is 0 Å². The van der Waals surface area contributed by atoms with Gasteiger partial charge in [-0.2, -0.15) is 0 Å². The summed E-state index contributed by atoms with van der Waals surface area (Å²) in [6.45, 7) is 5.76. The van der Waals surface area contributed by atoms with E-state index in [4.69, 9.17) is 4.74 Å². The number of carbonyl (C=O) groups excluding carboxylic acids is 1. The Bertz CT molecular complexity index is 212. The van der Waals surface area contributed by atoms with Crippen LogP contribution >= 0.6 is 0 Å². The van der Waals surface area contributed by atoms with Crippen molar-refractivity contribution in [3.8, 4) is 0 Å². The molecule has 0 unspecified atom stereocenters. The van der Waals surface area contributed by atoms with Gasteiger partial charge in [0.05, 0.1) is 5.92 Å². The van der Waals surface area contributed by atoms with Crippen LogP contribution < -0.4 is 5.32 Å². The zero-order chi connectivity index (χ0) is 11.5. The van der Waals surface area contributed by atoms with Crippen molar-refractivity contribution in [2.45, 2.75) is 58.1 Å². The van der Waals surface area contributed by atoms with Crippen LogP contribution in [0.1, 0.15) is 46.5 Å². The maximum absolute atomic E-state index is 11.8. The zero-order valence-corrected chi connectivity index (χ0v) is 10.3. The molecule has 0 atom stereocenters. The van der Waals surface area contributed by atoms with E-state index in [1.54, 1.807) is 0 Å². The number of ether oxygens (including phenoxy) is 1. The molecule has 0 saturated heterocycles. The van der Waals surface area contributed by atoms with Gasteiger partial charge < -0.3 is 10.1 Å². The Balaban J connectivity index is 2.37. The third-order valence-corrected chi connectivity index (χ3v) is 2.88. The maximum atomic E-state index is 11.8. The standard InChI is InChI=1S/C12H23NO2/c1-12(2,3)15-11(14)9-5-7-10(13-4)8-6-9/h9-10,13H,5-8H2,1-4H3. The first-order valence-corrected chi connectivity index (χ1v) is 5.82. The molecule has 1 aliphatic carbocycles. The SMILES string of the molecule is CNC1CCC(C(=O)OC(C)(C)C)CC1. The van der Waals surface area contributed by atoms with Crippen LogP contribution in [0.4, 0.5) is 0 Å². The fourth-order valence-electron chi connectivity index (χ4n) is 2.00. The molecule has 0 spiro atoms. The molecule has 0 aromatic carbocycles. The normalized spacial score (nSPS) is 27.5. The first-order chi connectivity index (χ1) is 6.92. The van der Waals surface area contributed by atoms with E-state index in [0.29, 0.717) is 6.04 Å². The number of carbonyl (C=O) groups is 1. The summed E-state index contributed by atoms with van der Waals surface area (Å²) in [5, 5.41) is 3.26. The summed E-state index contributed by atoms with van der Waals surface area (Å²) in [5.41, 5.74) is -0.350. The van der Waals surface area contributed by atoms with Crippen LogP contribution in [0.15, 0.2) is 0 Å². The number of hydrogen-bond donors (Lipinski definition) is 1. The highest BCUT2D eigenvalue weighted by Crippen LogP contribution is 2.26. The topological polar surface area (TPSA) is 38.3 Å². The predicted octanol–water partition coefficient (Wildman–Crippen LogP) is 2.11. The summed E-state index contributed by atoms with van der Waals surface area (Å²) in [7, 11) is 1.98. The fraction of sp³-hybridized carbons (Fsp3) is 0.917. The van der Waals surface area contributed by atoms with Crippen molar-refractivity contribution >= 4 is 5.97 Å². The van der Waals surface area contributed by atoms with Gasteiger partial charge in [-0.05, 0) is 53.5 Å². The molecule has 0 aliphatic heterocycles. The van der Waals surface area contributed by atoms with Gasteiger partial charge in [-0.25, -0.2) is 0 Å². The molecule has 88 valence electrons. The van der Waals surface area contributed by atoms with Gasteiger partial charge in [0.1, 0.15) is 5.60 Å². The van der Waals surface area contributed by atoms with Gasteiger partial charge in [-0.3, -0.25) is 4.79 Å². The molecule has 0 heterocycles. The minimum absolute atomic E-state index is 0.0166. The lowest BCUT2D eigenvalue weighted by atomic mass is 9.86. The highest BCUT2D eigenvalue weighted by Gasteiger charge is 2.29. The lowest BCUT2D eigenvalue weighted by Gasteiger charge is -2.29. The smallest absolute Gasteiger partial charge is 0.309 e. The Morgan fingerprint density at radius 3 is 2.13 bits per heavy atom. The fourth-order valence-corrected chi connectivity index (χ4v) is 2.00. The quantitative estimate of drug-likeness (QED) is 0.714. The van der Waals surface area contributed by atoms with Crippen LogP contribution in [0.5, 0.6) is 0 Å². The number of hydrogen-bond acceptors (Lipinski definition) is 3. The van der Waals surface area contributed by atoms with E-state index < -0.39 is 0 Å². The van der Waals surface area contributed by atoms with Crippen molar-refractivity contribution in [3.05, 3.63) is 0 Å². The Hall–Kier alpha value is -0.570. The molecule has 3 heteroatoms. The van der Waals surface area contributed by atoms with E-state index in [0.717, 1.165) is 25.7 Å². The van der Waals surface area contributed by atoms with Gasteiger partial charge in [-0.15, -0.1) is 0 Å². The van der Waals surface area contributed by atoms with E-state index >= 15 is 0 Å². The van der Waals surface area contributed by atoms with Crippen molar-refractivity contribution in [2.24, 2.45) is 5.92 Å². The first-order valence-electron chi connectivity index (χ1n) is 5.82. The molecular weight excluding hydrogens is 190 g/mol. The van der Waals surface area contributed by atoms with Crippen LogP contribution in [0.2, 0.25) is 0 Å². The summed E-state index contributed by atoms with van der Waals surface area (Å²) in [5.74, 6) is 0.103. The summed E-state index contributed by atoms with van der Waals surface area (Å²) >= 11 is 0. The average molecular weight is 213 g/mol. The summed E-state index contributed by atoms with van der Waals surface area (Å²) in [4.78, 5) is 11.8. The van der Waals surface area contributed by atoms with E-state index in [1.165, 1.54) is 0 Å². The highest BCUT2D eigenvalue weighted by atomic mass is 16.6. The maximum Gasteiger partial charge on any atom is 0.309 e. The van der Waals surface area contributed by atoms with Crippen LogP contribution in [0, 0.1) is 5.92 Å². The van der Waals surface area contributed by atoms with Crippen molar-refractivity contribution in [1.82, 2.24) is 5.32 Å². The van der Waals surface area contributed by atoms with Crippen molar-refractivity contribution in [1.29, 1.82) is 0 Å². The lowest BCUT2D eigenvalue weighted by Crippen LogP contribution is -2.35. The summed E-state index contributed by atoms with van der Waals surface area (Å²) in [6, 6.07) is 0.587. The van der Waals surface area contributed by atoms with Crippen LogP contribution in [-0.4, -0.2) is 24.7 Å². The minimum atomic E-state index is -0.350. The molecule has 1 N–H and O–H groups in total. The molecule has 0 radical (unpaired) electrons. The van der Waals surface area contributed by atoms with Crippen LogP contribution in [0.25, 0.3) is 0 Å². The molecule has 0 bridgehead atoms. The molecule has 15 heavy (non-hydrogen) atoms. The summed E-state index contributed by atoms with van der Waals surface area (Å²) in [6.07, 6.45) is 4.08. The molecule has 0 amide bonds. The second-order valence-electron chi connectivity index (χ2n) is 5.37. The predicted molar refractivity (Wildman–Crippen MR) is 60.7 cm³/mol. The number of esters is 1. The van der Waals surface area contributed by atoms with E-state index in [-0.39, 0.29) is 17.5 Å². The van der Waals surface area contributed by atoms with E-state index in [1.807, 2.05) is 27.8 Å². The monoisotopic (exact) mass is 213 g/mol. The van der Waals surface area contributed by atoms with E-state index in [9.17, 15) is 4.79 Å². The van der Waals surface area contributed by atoms with Gasteiger partial charge >= 0.3 is 5.97 Å². The first kappa shape index (κ1) is 12.5. The second kappa shape index (κ2) is 4.97. The lowest BCUT2D eigenvalue weighted by molar-refractivity contribution is -0.161. The van der Waals surface area contributed by atoms with Crippen LogP contribution in [0.3, 0.4) is 0 Å². The summed E-state index contributed by atoms with van der Waals surface area (Å²) < 4.78 is 5.39.